The van der Waals surface area contributed by atoms with E-state index in [0.717, 1.165) is 23.3 Å². The van der Waals surface area contributed by atoms with Crippen molar-refractivity contribution < 1.29 is 14.3 Å². The number of aldehydes is 1. The largest absolute Gasteiger partial charge is 0.497 e. The van der Waals surface area contributed by atoms with Crippen LogP contribution in [0.3, 0.4) is 0 Å². The second-order valence-electron chi connectivity index (χ2n) is 3.92. The lowest BCUT2D eigenvalue weighted by Crippen LogP contribution is -1.90. The maximum absolute atomic E-state index is 10.7. The topological polar surface area (TPSA) is 35.5 Å². The molecule has 0 radical (unpaired) electrons. The third-order valence-corrected chi connectivity index (χ3v) is 2.60. The van der Waals surface area contributed by atoms with Gasteiger partial charge in [-0.05, 0) is 42.8 Å². The van der Waals surface area contributed by atoms with Gasteiger partial charge in [0.25, 0.3) is 0 Å². The van der Waals surface area contributed by atoms with Crippen molar-refractivity contribution in [1.82, 2.24) is 0 Å². The predicted molar refractivity (Wildman–Crippen MR) is 69.6 cm³/mol. The lowest BCUT2D eigenvalue weighted by molar-refractivity contribution is 0.112. The summed E-state index contributed by atoms with van der Waals surface area (Å²) in [4.78, 5) is 10.7. The fourth-order valence-corrected chi connectivity index (χ4v) is 1.65. The van der Waals surface area contributed by atoms with E-state index in [1.165, 1.54) is 0 Å². The van der Waals surface area contributed by atoms with E-state index < -0.39 is 0 Å². The average molecular weight is 242 g/mol. The highest BCUT2D eigenvalue weighted by Gasteiger charge is 2.03. The van der Waals surface area contributed by atoms with E-state index >= 15 is 0 Å². The Balaban J connectivity index is 2.25. The van der Waals surface area contributed by atoms with Gasteiger partial charge >= 0.3 is 0 Å². The zero-order chi connectivity index (χ0) is 13.0. The molecule has 0 N–H and O–H groups in total. The Morgan fingerprint density at radius 2 is 1.83 bits per heavy atom. The normalized spacial score (nSPS) is 9.89. The smallest absolute Gasteiger partial charge is 0.150 e. The van der Waals surface area contributed by atoms with E-state index in [2.05, 4.69) is 0 Å². The zero-order valence-corrected chi connectivity index (χ0v) is 10.3. The van der Waals surface area contributed by atoms with Gasteiger partial charge in [0, 0.05) is 11.6 Å². The first kappa shape index (κ1) is 12.2. The molecule has 0 fully saturated rings. The van der Waals surface area contributed by atoms with Crippen molar-refractivity contribution in [2.45, 2.75) is 6.92 Å². The number of hydrogen-bond acceptors (Lipinski definition) is 3. The van der Waals surface area contributed by atoms with Crippen LogP contribution in [-0.4, -0.2) is 13.4 Å². The van der Waals surface area contributed by atoms with Gasteiger partial charge in [0.15, 0.2) is 0 Å². The molecule has 3 nitrogen and oxygen atoms in total. The van der Waals surface area contributed by atoms with Crippen LogP contribution in [0.2, 0.25) is 0 Å². The van der Waals surface area contributed by atoms with Crippen LogP contribution >= 0.6 is 0 Å². The monoisotopic (exact) mass is 242 g/mol. The van der Waals surface area contributed by atoms with Crippen LogP contribution in [0.1, 0.15) is 15.9 Å². The summed E-state index contributed by atoms with van der Waals surface area (Å²) in [7, 11) is 1.61. The highest BCUT2D eigenvalue weighted by Crippen LogP contribution is 2.27. The first-order chi connectivity index (χ1) is 8.72. The molecule has 0 spiro atoms. The molecule has 0 saturated carbocycles. The minimum Gasteiger partial charge on any atom is -0.497 e. The van der Waals surface area contributed by atoms with Crippen LogP contribution in [0.15, 0.2) is 42.5 Å². The molecule has 0 bridgehead atoms. The molecule has 3 heteroatoms. The molecule has 0 aromatic heterocycles. The van der Waals surface area contributed by atoms with Gasteiger partial charge in [-0.1, -0.05) is 6.07 Å². The molecular formula is C15H14O3. The Bertz CT molecular complexity index is 561. The van der Waals surface area contributed by atoms with E-state index in [1.54, 1.807) is 25.3 Å². The molecule has 92 valence electrons. The van der Waals surface area contributed by atoms with Crippen molar-refractivity contribution in [3.8, 4) is 17.2 Å². The molecular weight excluding hydrogens is 228 g/mol. The Hall–Kier alpha value is -2.29. The predicted octanol–water partition coefficient (Wildman–Crippen LogP) is 3.61. The van der Waals surface area contributed by atoms with Gasteiger partial charge < -0.3 is 9.47 Å². The Morgan fingerprint density at radius 3 is 2.50 bits per heavy atom. The number of hydrogen-bond donors (Lipinski definition) is 0. The lowest BCUT2D eigenvalue weighted by atomic mass is 10.1. The molecule has 0 aliphatic carbocycles. The molecule has 0 saturated heterocycles. The summed E-state index contributed by atoms with van der Waals surface area (Å²) in [5, 5.41) is 0. The fraction of sp³-hybridized carbons (Fsp3) is 0.133. The molecule has 0 heterocycles. The van der Waals surface area contributed by atoms with Crippen LogP contribution in [-0.2, 0) is 0 Å². The van der Waals surface area contributed by atoms with Crippen molar-refractivity contribution in [3.63, 3.8) is 0 Å². The molecule has 2 aromatic rings. The molecule has 0 aliphatic heterocycles. The molecule has 2 aromatic carbocycles. The van der Waals surface area contributed by atoms with Crippen molar-refractivity contribution in [2.24, 2.45) is 0 Å². The van der Waals surface area contributed by atoms with Gasteiger partial charge in [0.05, 0.1) is 7.11 Å². The van der Waals surface area contributed by atoms with E-state index in [-0.39, 0.29) is 0 Å². The molecule has 2 rings (SSSR count). The second-order valence-corrected chi connectivity index (χ2v) is 3.92. The SMILES string of the molecule is COc1cccc(Oc2ccc(C=O)cc2C)c1. The number of methoxy groups -OCH3 is 1. The summed E-state index contributed by atoms with van der Waals surface area (Å²) < 4.78 is 10.9. The van der Waals surface area contributed by atoms with Crippen molar-refractivity contribution in [3.05, 3.63) is 53.6 Å². The summed E-state index contributed by atoms with van der Waals surface area (Å²) in [6.07, 6.45) is 0.822. The second kappa shape index (κ2) is 5.36. The number of carbonyl (C=O) groups is 1. The number of benzene rings is 2. The van der Waals surface area contributed by atoms with Crippen LogP contribution in [0, 0.1) is 6.92 Å². The Labute approximate surface area is 106 Å². The van der Waals surface area contributed by atoms with Gasteiger partial charge in [-0.15, -0.1) is 0 Å². The molecule has 0 amide bonds. The van der Waals surface area contributed by atoms with E-state index in [9.17, 15) is 4.79 Å². The number of rotatable bonds is 4. The Kier molecular flexibility index (Phi) is 3.63. The molecule has 0 unspecified atom stereocenters. The molecule has 18 heavy (non-hydrogen) atoms. The first-order valence-corrected chi connectivity index (χ1v) is 5.60. The lowest BCUT2D eigenvalue weighted by Gasteiger charge is -2.10. The van der Waals surface area contributed by atoms with Crippen LogP contribution in [0.5, 0.6) is 17.2 Å². The minimum atomic E-state index is 0.644. The van der Waals surface area contributed by atoms with E-state index in [4.69, 9.17) is 9.47 Å². The van der Waals surface area contributed by atoms with E-state index in [0.29, 0.717) is 11.3 Å². The van der Waals surface area contributed by atoms with Crippen LogP contribution < -0.4 is 9.47 Å². The van der Waals surface area contributed by atoms with Gasteiger partial charge in [-0.3, -0.25) is 4.79 Å². The number of ether oxygens (including phenoxy) is 2. The number of aryl methyl sites for hydroxylation is 1. The standard InChI is InChI=1S/C15H14O3/c1-11-8-12(10-16)6-7-15(11)18-14-5-3-4-13(9-14)17-2/h3-10H,1-2H3. The van der Waals surface area contributed by atoms with Gasteiger partial charge in [-0.2, -0.15) is 0 Å². The van der Waals surface area contributed by atoms with Gasteiger partial charge in [0.2, 0.25) is 0 Å². The summed E-state index contributed by atoms with van der Waals surface area (Å²) in [6, 6.07) is 12.7. The molecule has 0 atom stereocenters. The maximum Gasteiger partial charge on any atom is 0.150 e. The van der Waals surface area contributed by atoms with Crippen molar-refractivity contribution in [2.75, 3.05) is 7.11 Å². The molecule has 0 aliphatic rings. The zero-order valence-electron chi connectivity index (χ0n) is 10.3. The highest BCUT2D eigenvalue weighted by molar-refractivity contribution is 5.75. The summed E-state index contributed by atoms with van der Waals surface area (Å²) in [5.74, 6) is 2.18. The van der Waals surface area contributed by atoms with Gasteiger partial charge in [-0.25, -0.2) is 0 Å². The summed E-state index contributed by atoms with van der Waals surface area (Å²) in [6.45, 7) is 1.91. The summed E-state index contributed by atoms with van der Waals surface area (Å²) >= 11 is 0. The van der Waals surface area contributed by atoms with Crippen LogP contribution in [0.25, 0.3) is 0 Å². The third kappa shape index (κ3) is 2.69. The average Bonchev–Trinajstić information content (AvgIpc) is 2.41. The quantitative estimate of drug-likeness (QED) is 0.768. The third-order valence-electron chi connectivity index (χ3n) is 2.60. The highest BCUT2D eigenvalue weighted by atomic mass is 16.5. The minimum absolute atomic E-state index is 0.644. The van der Waals surface area contributed by atoms with Crippen molar-refractivity contribution in [1.29, 1.82) is 0 Å². The summed E-state index contributed by atoms with van der Waals surface area (Å²) in [5.41, 5.74) is 1.56. The Morgan fingerprint density at radius 1 is 1.06 bits per heavy atom. The van der Waals surface area contributed by atoms with Gasteiger partial charge in [0.1, 0.15) is 23.5 Å². The van der Waals surface area contributed by atoms with Crippen LogP contribution in [0.4, 0.5) is 0 Å². The first-order valence-electron chi connectivity index (χ1n) is 5.60. The fourth-order valence-electron chi connectivity index (χ4n) is 1.65. The maximum atomic E-state index is 10.7. The van der Waals surface area contributed by atoms with E-state index in [1.807, 2.05) is 31.2 Å². The number of carbonyl (C=O) groups excluding carboxylic acids is 1. The van der Waals surface area contributed by atoms with Crippen molar-refractivity contribution >= 4 is 6.29 Å².